The minimum absolute atomic E-state index is 0.0213. The normalized spacial score (nSPS) is 39.4. The molecule has 2 aliphatic rings. The Kier molecular flexibility index (Phi) is 5.28. The minimum atomic E-state index is -0.808. The fraction of sp³-hybridized carbons (Fsp3) is 0.882. The van der Waals surface area contributed by atoms with Crippen LogP contribution in [0.5, 0.6) is 0 Å². The van der Waals surface area contributed by atoms with Crippen LogP contribution in [0.3, 0.4) is 0 Å². The number of carbonyl (C=O) groups is 2. The number of amides is 1. The summed E-state index contributed by atoms with van der Waals surface area (Å²) in [6.07, 6.45) is 5.72. The highest BCUT2D eigenvalue weighted by Crippen LogP contribution is 2.39. The Morgan fingerprint density at radius 3 is 2.29 bits per heavy atom. The second-order valence-electron chi connectivity index (χ2n) is 7.02. The fourth-order valence-corrected chi connectivity index (χ4v) is 4.36. The van der Waals surface area contributed by atoms with Gasteiger partial charge in [-0.05, 0) is 43.4 Å². The molecule has 0 saturated heterocycles. The second kappa shape index (κ2) is 6.80. The van der Waals surface area contributed by atoms with Crippen molar-refractivity contribution in [1.82, 2.24) is 5.32 Å². The van der Waals surface area contributed by atoms with Gasteiger partial charge >= 0.3 is 5.97 Å². The predicted molar refractivity (Wildman–Crippen MR) is 81.7 cm³/mol. The monoisotopic (exact) mass is 295 g/mol. The summed E-state index contributed by atoms with van der Waals surface area (Å²) in [5, 5.41) is 12.5. The Morgan fingerprint density at radius 2 is 1.76 bits per heavy atom. The van der Waals surface area contributed by atoms with Crippen LogP contribution in [0.25, 0.3) is 0 Å². The molecule has 2 rings (SSSR count). The number of hydrogen-bond donors (Lipinski definition) is 2. The van der Waals surface area contributed by atoms with E-state index in [0.717, 1.165) is 25.7 Å². The quantitative estimate of drug-likeness (QED) is 0.819. The third kappa shape index (κ3) is 3.41. The number of hydrogen-bond acceptors (Lipinski definition) is 2. The molecule has 1 amide bonds. The van der Waals surface area contributed by atoms with Crippen molar-refractivity contribution < 1.29 is 14.7 Å². The van der Waals surface area contributed by atoms with Crippen molar-refractivity contribution in [1.29, 1.82) is 0 Å². The molecule has 2 fully saturated rings. The molecule has 2 aliphatic carbocycles. The molecule has 4 heteroatoms. The van der Waals surface area contributed by atoms with Crippen molar-refractivity contribution in [3.8, 4) is 0 Å². The molecule has 0 aromatic rings. The predicted octanol–water partition coefficient (Wildman–Crippen LogP) is 3.06. The summed E-state index contributed by atoms with van der Waals surface area (Å²) in [4.78, 5) is 23.9. The first-order chi connectivity index (χ1) is 9.97. The Morgan fingerprint density at radius 1 is 1.10 bits per heavy atom. The van der Waals surface area contributed by atoms with E-state index in [-0.39, 0.29) is 17.9 Å². The van der Waals surface area contributed by atoms with E-state index >= 15 is 0 Å². The van der Waals surface area contributed by atoms with E-state index in [1.165, 1.54) is 6.42 Å². The topological polar surface area (TPSA) is 66.4 Å². The average Bonchev–Trinajstić information content (AvgIpc) is 3.03. The molecule has 4 unspecified atom stereocenters. The maximum atomic E-state index is 12.5. The van der Waals surface area contributed by atoms with Crippen LogP contribution in [-0.4, -0.2) is 23.0 Å². The lowest BCUT2D eigenvalue weighted by molar-refractivity contribution is -0.146. The lowest BCUT2D eigenvalue weighted by Gasteiger charge is -2.24. The third-order valence-corrected chi connectivity index (χ3v) is 5.97. The van der Waals surface area contributed by atoms with Crippen LogP contribution >= 0.6 is 0 Å². The summed E-state index contributed by atoms with van der Waals surface area (Å²) in [5.74, 6) is -0.0766. The standard InChI is InChI=1S/C17H29NO3/c1-4-11-8-13(14(9-11)17(20)21)16(19)18-15-7-6-12(5-2)10(15)3/h10-15H,4-9H2,1-3H3,(H,18,19)(H,20,21)/t10?,11?,12?,13-,14+,15?/m0/s1. The Labute approximate surface area is 127 Å². The smallest absolute Gasteiger partial charge is 0.307 e. The van der Waals surface area contributed by atoms with Crippen LogP contribution in [0.1, 0.15) is 59.3 Å². The lowest BCUT2D eigenvalue weighted by atomic mass is 9.92. The summed E-state index contributed by atoms with van der Waals surface area (Å²) in [6, 6.07) is 0.234. The van der Waals surface area contributed by atoms with Crippen LogP contribution in [0.15, 0.2) is 0 Å². The maximum Gasteiger partial charge on any atom is 0.307 e. The SMILES string of the molecule is CCC1C[C@H](C(=O)NC2CCC(CC)C2C)[C@H](C(=O)O)C1. The molecule has 6 atom stereocenters. The van der Waals surface area contributed by atoms with E-state index in [0.29, 0.717) is 24.2 Å². The van der Waals surface area contributed by atoms with Crippen LogP contribution in [0, 0.1) is 29.6 Å². The molecule has 0 aromatic heterocycles. The first kappa shape index (κ1) is 16.3. The van der Waals surface area contributed by atoms with Gasteiger partial charge in [-0.15, -0.1) is 0 Å². The van der Waals surface area contributed by atoms with Gasteiger partial charge in [0, 0.05) is 6.04 Å². The lowest BCUT2D eigenvalue weighted by Crippen LogP contribution is -2.43. The maximum absolute atomic E-state index is 12.5. The number of nitrogens with one attached hydrogen (secondary N) is 1. The first-order valence-electron chi connectivity index (χ1n) is 8.51. The number of rotatable bonds is 5. The number of carboxylic acids is 1. The molecule has 2 N–H and O–H groups in total. The molecule has 0 aliphatic heterocycles. The largest absolute Gasteiger partial charge is 0.481 e. The van der Waals surface area contributed by atoms with Crippen LogP contribution in [0.4, 0.5) is 0 Å². The van der Waals surface area contributed by atoms with Gasteiger partial charge in [-0.2, -0.15) is 0 Å². The van der Waals surface area contributed by atoms with Crippen LogP contribution in [-0.2, 0) is 9.59 Å². The average molecular weight is 295 g/mol. The van der Waals surface area contributed by atoms with Crippen molar-refractivity contribution >= 4 is 11.9 Å². The molecule has 0 heterocycles. The fourth-order valence-electron chi connectivity index (χ4n) is 4.36. The van der Waals surface area contributed by atoms with Gasteiger partial charge in [0.2, 0.25) is 5.91 Å². The van der Waals surface area contributed by atoms with Gasteiger partial charge in [0.1, 0.15) is 0 Å². The van der Waals surface area contributed by atoms with Crippen molar-refractivity contribution in [3.63, 3.8) is 0 Å². The zero-order valence-corrected chi connectivity index (χ0v) is 13.5. The second-order valence-corrected chi connectivity index (χ2v) is 7.02. The highest BCUT2D eigenvalue weighted by Gasteiger charge is 2.43. The minimum Gasteiger partial charge on any atom is -0.481 e. The molecule has 2 saturated carbocycles. The third-order valence-electron chi connectivity index (χ3n) is 5.97. The Balaban J connectivity index is 1.97. The van der Waals surface area contributed by atoms with Gasteiger partial charge in [-0.3, -0.25) is 9.59 Å². The number of aliphatic carboxylic acids is 1. The summed E-state index contributed by atoms with van der Waals surface area (Å²) in [7, 11) is 0. The molecular weight excluding hydrogens is 266 g/mol. The van der Waals surface area contributed by atoms with Gasteiger partial charge in [0.25, 0.3) is 0 Å². The van der Waals surface area contributed by atoms with E-state index in [9.17, 15) is 14.7 Å². The summed E-state index contributed by atoms with van der Waals surface area (Å²) < 4.78 is 0. The molecule has 4 nitrogen and oxygen atoms in total. The van der Waals surface area contributed by atoms with Crippen molar-refractivity contribution in [3.05, 3.63) is 0 Å². The highest BCUT2D eigenvalue weighted by molar-refractivity contribution is 5.85. The highest BCUT2D eigenvalue weighted by atomic mass is 16.4. The van der Waals surface area contributed by atoms with Crippen molar-refractivity contribution in [2.45, 2.75) is 65.3 Å². The molecule has 0 radical (unpaired) electrons. The van der Waals surface area contributed by atoms with Crippen LogP contribution in [0.2, 0.25) is 0 Å². The molecule has 0 spiro atoms. The van der Waals surface area contributed by atoms with Gasteiger partial charge < -0.3 is 10.4 Å². The summed E-state index contributed by atoms with van der Waals surface area (Å²) in [6.45, 7) is 6.49. The first-order valence-corrected chi connectivity index (χ1v) is 8.51. The zero-order chi connectivity index (χ0) is 15.6. The molecule has 21 heavy (non-hydrogen) atoms. The molecular formula is C17H29NO3. The molecule has 0 bridgehead atoms. The molecule has 120 valence electrons. The van der Waals surface area contributed by atoms with Gasteiger partial charge in [-0.25, -0.2) is 0 Å². The Bertz CT molecular complexity index is 395. The Hall–Kier alpha value is -1.06. The summed E-state index contributed by atoms with van der Waals surface area (Å²) in [5.41, 5.74) is 0. The van der Waals surface area contributed by atoms with Crippen molar-refractivity contribution in [2.24, 2.45) is 29.6 Å². The van der Waals surface area contributed by atoms with E-state index in [1.807, 2.05) is 0 Å². The zero-order valence-electron chi connectivity index (χ0n) is 13.5. The van der Waals surface area contributed by atoms with E-state index in [4.69, 9.17) is 0 Å². The van der Waals surface area contributed by atoms with Crippen LogP contribution < -0.4 is 5.32 Å². The van der Waals surface area contributed by atoms with Crippen molar-refractivity contribution in [2.75, 3.05) is 0 Å². The van der Waals surface area contributed by atoms with Gasteiger partial charge in [-0.1, -0.05) is 33.6 Å². The summed E-state index contributed by atoms with van der Waals surface area (Å²) >= 11 is 0. The van der Waals surface area contributed by atoms with E-state index in [1.54, 1.807) is 0 Å². The van der Waals surface area contributed by atoms with E-state index < -0.39 is 11.9 Å². The van der Waals surface area contributed by atoms with Gasteiger partial charge in [0.15, 0.2) is 0 Å². The van der Waals surface area contributed by atoms with Gasteiger partial charge in [0.05, 0.1) is 11.8 Å². The van der Waals surface area contributed by atoms with E-state index in [2.05, 4.69) is 26.1 Å². The molecule has 0 aromatic carbocycles. The number of carboxylic acid groups (broad SMARTS) is 1. The number of carbonyl (C=O) groups excluding carboxylic acids is 1.